The molecule has 18 heavy (non-hydrogen) atoms. The van der Waals surface area contributed by atoms with E-state index in [0.29, 0.717) is 13.0 Å². The summed E-state index contributed by atoms with van der Waals surface area (Å²) in [5.74, 6) is 0. The van der Waals surface area contributed by atoms with E-state index in [1.165, 1.54) is 6.20 Å². The van der Waals surface area contributed by atoms with E-state index in [0.717, 1.165) is 10.6 Å². The van der Waals surface area contributed by atoms with E-state index >= 15 is 0 Å². The second-order valence-electron chi connectivity index (χ2n) is 4.62. The molecule has 0 spiro atoms. The van der Waals surface area contributed by atoms with Gasteiger partial charge >= 0.3 is 5.69 Å². The third-order valence-corrected chi connectivity index (χ3v) is 3.67. The molecule has 0 saturated carbocycles. The summed E-state index contributed by atoms with van der Waals surface area (Å²) in [7, 11) is 0. The average Bonchev–Trinajstić information content (AvgIpc) is 2.48. The number of ether oxygens (including phenoxy) is 2. The fraction of sp³-hybridized carbons (Fsp3) is 0.636. The summed E-state index contributed by atoms with van der Waals surface area (Å²) >= 11 is 0. The van der Waals surface area contributed by atoms with Crippen molar-refractivity contribution in [3.05, 3.63) is 33.1 Å². The number of nitrogens with zero attached hydrogens (tertiary/aromatic N) is 1. The topological polar surface area (TPSA) is 73.3 Å². The molecule has 3 rings (SSSR count). The number of aromatic amines is 1. The first kappa shape index (κ1) is 11.6. The molecular formula is C11H13FN2O4. The number of fused-ring (bicyclic) bond motifs is 1. The molecule has 2 saturated heterocycles. The van der Waals surface area contributed by atoms with Gasteiger partial charge in [-0.05, 0) is 6.42 Å². The predicted molar refractivity (Wildman–Crippen MR) is 59.1 cm³/mol. The smallest absolute Gasteiger partial charge is 0.330 e. The molecular weight excluding hydrogens is 243 g/mol. The molecule has 0 amide bonds. The van der Waals surface area contributed by atoms with Crippen LogP contribution in [0.1, 0.15) is 19.6 Å². The second-order valence-corrected chi connectivity index (χ2v) is 4.62. The molecule has 7 heteroatoms. The molecule has 3 heterocycles. The van der Waals surface area contributed by atoms with Gasteiger partial charge in [0, 0.05) is 12.3 Å². The van der Waals surface area contributed by atoms with Gasteiger partial charge in [-0.15, -0.1) is 0 Å². The van der Waals surface area contributed by atoms with Crippen molar-refractivity contribution in [2.75, 3.05) is 6.61 Å². The minimum Gasteiger partial charge on any atom is -0.369 e. The van der Waals surface area contributed by atoms with Crippen LogP contribution in [0.5, 0.6) is 0 Å². The Morgan fingerprint density at radius 3 is 2.89 bits per heavy atom. The summed E-state index contributed by atoms with van der Waals surface area (Å²) in [5, 5.41) is 0. The highest BCUT2D eigenvalue weighted by atomic mass is 19.1. The van der Waals surface area contributed by atoms with E-state index in [-0.39, 0.29) is 0 Å². The molecule has 0 bridgehead atoms. The third kappa shape index (κ3) is 1.40. The molecule has 2 aliphatic heterocycles. The lowest BCUT2D eigenvalue weighted by Gasteiger charge is -2.42. The lowest BCUT2D eigenvalue weighted by molar-refractivity contribution is -0.231. The zero-order valence-corrected chi connectivity index (χ0v) is 9.76. The van der Waals surface area contributed by atoms with Crippen molar-refractivity contribution in [3.8, 4) is 0 Å². The molecule has 2 aliphatic rings. The van der Waals surface area contributed by atoms with E-state index in [2.05, 4.69) is 4.98 Å². The number of aromatic nitrogens is 2. The van der Waals surface area contributed by atoms with Crippen molar-refractivity contribution < 1.29 is 13.9 Å². The lowest BCUT2D eigenvalue weighted by atomic mass is 9.89. The van der Waals surface area contributed by atoms with Crippen molar-refractivity contribution in [2.24, 2.45) is 0 Å². The highest BCUT2D eigenvalue weighted by Gasteiger charge is 2.62. The normalized spacial score (nSPS) is 38.2. The highest BCUT2D eigenvalue weighted by Crippen LogP contribution is 2.48. The summed E-state index contributed by atoms with van der Waals surface area (Å²) in [6.45, 7) is 2.23. The number of alkyl halides is 1. The van der Waals surface area contributed by atoms with Gasteiger partial charge in [-0.1, -0.05) is 6.92 Å². The fourth-order valence-corrected chi connectivity index (χ4v) is 2.53. The maximum atomic E-state index is 14.2. The molecule has 0 radical (unpaired) electrons. The SMILES string of the molecule is CC[C@]12CO[C@H]1[C@@H](F)[C@H](n1ccc(=O)[nH]c1=O)O2. The van der Waals surface area contributed by atoms with Crippen LogP contribution in [0.15, 0.2) is 21.9 Å². The highest BCUT2D eigenvalue weighted by molar-refractivity contribution is 5.07. The van der Waals surface area contributed by atoms with Crippen LogP contribution in [0, 0.1) is 0 Å². The van der Waals surface area contributed by atoms with Crippen LogP contribution in [0.4, 0.5) is 4.39 Å². The van der Waals surface area contributed by atoms with Gasteiger partial charge in [-0.25, -0.2) is 9.18 Å². The van der Waals surface area contributed by atoms with Gasteiger partial charge < -0.3 is 9.47 Å². The predicted octanol–water partition coefficient (Wildman–Crippen LogP) is -0.0489. The number of H-pyrrole nitrogens is 1. The van der Waals surface area contributed by atoms with Crippen LogP contribution in [-0.4, -0.2) is 34.0 Å². The molecule has 0 aromatic carbocycles. The summed E-state index contributed by atoms with van der Waals surface area (Å²) in [5.41, 5.74) is -1.84. The maximum Gasteiger partial charge on any atom is 0.330 e. The Hall–Kier alpha value is -1.47. The van der Waals surface area contributed by atoms with E-state index in [1.807, 2.05) is 6.92 Å². The lowest BCUT2D eigenvalue weighted by Crippen LogP contribution is -2.57. The van der Waals surface area contributed by atoms with Crippen molar-refractivity contribution in [1.82, 2.24) is 9.55 Å². The van der Waals surface area contributed by atoms with Crippen LogP contribution in [0.25, 0.3) is 0 Å². The summed E-state index contributed by atoms with van der Waals surface area (Å²) in [4.78, 5) is 24.7. The molecule has 1 aromatic rings. The Balaban J connectivity index is 1.99. The monoisotopic (exact) mass is 256 g/mol. The molecule has 2 fully saturated rings. The van der Waals surface area contributed by atoms with E-state index < -0.39 is 35.4 Å². The Bertz CT molecular complexity index is 579. The zero-order chi connectivity index (χ0) is 12.9. The van der Waals surface area contributed by atoms with Gasteiger partial charge in [-0.2, -0.15) is 0 Å². The van der Waals surface area contributed by atoms with Gasteiger partial charge in [0.15, 0.2) is 12.4 Å². The van der Waals surface area contributed by atoms with Gasteiger partial charge in [-0.3, -0.25) is 14.3 Å². The van der Waals surface area contributed by atoms with Crippen molar-refractivity contribution >= 4 is 0 Å². The molecule has 1 aromatic heterocycles. The van der Waals surface area contributed by atoms with Crippen molar-refractivity contribution in [2.45, 2.75) is 37.4 Å². The number of hydrogen-bond donors (Lipinski definition) is 1. The van der Waals surface area contributed by atoms with Crippen LogP contribution in [0.3, 0.4) is 0 Å². The first-order valence-corrected chi connectivity index (χ1v) is 5.82. The standard InChI is InChI=1S/C11H13FN2O4/c1-2-11-5-17-8(11)7(12)9(18-11)14-4-3-6(15)13-10(14)16/h3-4,7-9H,2,5H2,1H3,(H,13,15,16)/t7-,8+,9-,11+/m1/s1. The number of nitrogens with one attached hydrogen (secondary N) is 1. The largest absolute Gasteiger partial charge is 0.369 e. The Kier molecular flexibility index (Phi) is 2.43. The van der Waals surface area contributed by atoms with E-state index in [9.17, 15) is 14.0 Å². The Morgan fingerprint density at radius 2 is 2.39 bits per heavy atom. The van der Waals surface area contributed by atoms with E-state index in [4.69, 9.17) is 9.47 Å². The maximum absolute atomic E-state index is 14.2. The fourth-order valence-electron chi connectivity index (χ4n) is 2.53. The van der Waals surface area contributed by atoms with Crippen molar-refractivity contribution in [1.29, 1.82) is 0 Å². The summed E-state index contributed by atoms with van der Waals surface area (Å²) in [6, 6.07) is 1.16. The number of rotatable bonds is 2. The summed E-state index contributed by atoms with van der Waals surface area (Å²) in [6.07, 6.45) is -1.23. The first-order chi connectivity index (χ1) is 8.57. The van der Waals surface area contributed by atoms with Gasteiger partial charge in [0.05, 0.1) is 6.61 Å². The van der Waals surface area contributed by atoms with Crippen LogP contribution in [-0.2, 0) is 9.47 Å². The van der Waals surface area contributed by atoms with Gasteiger partial charge in [0.2, 0.25) is 0 Å². The molecule has 4 atom stereocenters. The molecule has 0 aliphatic carbocycles. The second kappa shape index (κ2) is 3.76. The van der Waals surface area contributed by atoms with Crippen LogP contribution < -0.4 is 11.2 Å². The number of hydrogen-bond acceptors (Lipinski definition) is 4. The Labute approximate surface area is 101 Å². The molecule has 98 valence electrons. The molecule has 0 unspecified atom stereocenters. The summed E-state index contributed by atoms with van der Waals surface area (Å²) < 4.78 is 26.1. The zero-order valence-electron chi connectivity index (χ0n) is 9.76. The minimum absolute atomic E-state index is 0.336. The quantitative estimate of drug-likeness (QED) is 0.805. The van der Waals surface area contributed by atoms with Crippen LogP contribution in [0.2, 0.25) is 0 Å². The van der Waals surface area contributed by atoms with Gasteiger partial charge in [0.1, 0.15) is 11.7 Å². The van der Waals surface area contributed by atoms with Gasteiger partial charge in [0.25, 0.3) is 5.56 Å². The van der Waals surface area contributed by atoms with E-state index in [1.54, 1.807) is 0 Å². The average molecular weight is 256 g/mol. The molecule has 1 N–H and O–H groups in total. The Morgan fingerprint density at radius 1 is 1.61 bits per heavy atom. The minimum atomic E-state index is -1.41. The molecule has 6 nitrogen and oxygen atoms in total. The third-order valence-electron chi connectivity index (χ3n) is 3.67. The van der Waals surface area contributed by atoms with Crippen LogP contribution >= 0.6 is 0 Å². The number of halogens is 1. The van der Waals surface area contributed by atoms with Crippen molar-refractivity contribution in [3.63, 3.8) is 0 Å². The first-order valence-electron chi connectivity index (χ1n) is 5.82.